The molecule has 606 valence electrons. The van der Waals surface area contributed by atoms with Gasteiger partial charge in [0, 0.05) is 90.7 Å². The number of fused-ring (bicyclic) bond motifs is 5. The largest absolute Gasteiger partial charge is 0.495 e. The Morgan fingerprint density at radius 2 is 1.66 bits per heavy atom. The number of aliphatic hydroxyl groups is 1. The number of benzene rings is 1. The predicted molar refractivity (Wildman–Crippen MR) is 399 cm³/mol. The highest BCUT2D eigenvalue weighted by atomic mass is 35.5. The van der Waals surface area contributed by atoms with E-state index in [0.29, 0.717) is 67.1 Å². The van der Waals surface area contributed by atoms with Crippen LogP contribution in [-0.4, -0.2) is 236 Å². The Kier molecular flexibility index (Phi) is 35.4. The van der Waals surface area contributed by atoms with E-state index < -0.39 is 166 Å². The summed E-state index contributed by atoms with van der Waals surface area (Å²) >= 11 is 7.46. The minimum atomic E-state index is -4.07. The summed E-state index contributed by atoms with van der Waals surface area (Å²) in [5.41, 5.74) is 10.4. The van der Waals surface area contributed by atoms with E-state index in [1.54, 1.807) is 49.0 Å². The van der Waals surface area contributed by atoms with Gasteiger partial charge in [-0.2, -0.15) is 0 Å². The molecular formula is C68H95ClN14O23S4. The smallest absolute Gasteiger partial charge is 0.328 e. The second-order valence-corrected chi connectivity index (χ2v) is 32.4. The molecule has 2 saturated heterocycles. The van der Waals surface area contributed by atoms with Crippen LogP contribution in [0.3, 0.4) is 0 Å². The summed E-state index contributed by atoms with van der Waals surface area (Å²) in [7, 11) is 3.89. The number of likely N-dealkylation sites (N-methyl/N-ethyl adjacent to an activating group) is 1. The number of ether oxygens (including phenoxy) is 8. The number of esters is 2. The first-order valence-electron chi connectivity index (χ1n) is 34.9. The summed E-state index contributed by atoms with van der Waals surface area (Å²) in [5, 5.41) is 40.0. The number of carbonyl (C=O) groups excluding carboxylic acids is 12. The maximum Gasteiger partial charge on any atom is 0.328 e. The average molecular weight is 1640 g/mol. The molecule has 10 N–H and O–H groups in total. The number of nitrogens with one attached hydrogen (secondary N) is 3. The van der Waals surface area contributed by atoms with Gasteiger partial charge in [0.05, 0.1) is 61.1 Å². The van der Waals surface area contributed by atoms with Crippen LogP contribution < -0.4 is 42.2 Å². The van der Waals surface area contributed by atoms with Crippen LogP contribution in [0.4, 0.5) is 10.8 Å². The zero-order valence-electron chi connectivity index (χ0n) is 62.1. The van der Waals surface area contributed by atoms with E-state index in [9.17, 15) is 71.1 Å². The molecule has 0 saturated carbocycles. The number of amides is 5. The molecule has 2 fully saturated rings. The number of ketones is 2. The Bertz CT molecular complexity index is 3960. The number of unbranched alkanes of at least 4 members (excludes halogenated alkanes) is 1. The van der Waals surface area contributed by atoms with Gasteiger partial charge in [0.15, 0.2) is 18.0 Å². The maximum atomic E-state index is 14.5. The number of halogens is 1. The molecule has 2 aromatic heterocycles. The molecule has 5 heterocycles. The predicted octanol–water partition coefficient (Wildman–Crippen LogP) is 2.11. The highest BCUT2D eigenvalue weighted by molar-refractivity contribution is 8.76. The molecule has 110 heavy (non-hydrogen) atoms. The van der Waals surface area contributed by atoms with Crippen molar-refractivity contribution in [1.82, 2.24) is 40.7 Å². The van der Waals surface area contributed by atoms with Gasteiger partial charge in [-0.1, -0.05) is 80.5 Å². The lowest BCUT2D eigenvalue weighted by atomic mass is 9.78. The molecule has 12 atom stereocenters. The Labute approximate surface area is 652 Å². The van der Waals surface area contributed by atoms with Crippen molar-refractivity contribution in [3.8, 4) is 5.75 Å². The molecule has 42 heteroatoms. The first-order chi connectivity index (χ1) is 52.2. The monoisotopic (exact) mass is 1640 g/mol. The summed E-state index contributed by atoms with van der Waals surface area (Å²) < 4.78 is 68.7. The van der Waals surface area contributed by atoms with Crippen LogP contribution in [0.25, 0.3) is 0 Å². The number of anilines is 2. The number of guanidine groups is 1. The third kappa shape index (κ3) is 27.3. The van der Waals surface area contributed by atoms with Gasteiger partial charge < -0.3 is 80.2 Å². The molecule has 3 aliphatic heterocycles. The fourth-order valence-corrected chi connectivity index (χ4v) is 15.9. The number of sulfonamides is 1. The Morgan fingerprint density at radius 1 is 0.955 bits per heavy atom. The number of primary sulfonamides is 1. The van der Waals surface area contributed by atoms with Crippen molar-refractivity contribution in [2.45, 2.75) is 189 Å². The van der Waals surface area contributed by atoms with Gasteiger partial charge in [0.1, 0.15) is 65.3 Å². The molecule has 3 aromatic rings. The van der Waals surface area contributed by atoms with Crippen molar-refractivity contribution < 1.29 is 109 Å². The first kappa shape index (κ1) is 90.2. The molecule has 4 bridgehead atoms. The van der Waals surface area contributed by atoms with Crippen molar-refractivity contribution >= 4 is 144 Å². The molecule has 37 nitrogen and oxygen atoms in total. The number of Topliss-reactive ketones (excluding diaryl/α,β-unsaturated/α-hetero) is 2. The van der Waals surface area contributed by atoms with Crippen LogP contribution >= 0.6 is 44.5 Å². The summed E-state index contributed by atoms with van der Waals surface area (Å²) in [4.78, 5) is 165. The zero-order chi connectivity index (χ0) is 81.0. The van der Waals surface area contributed by atoms with Crippen LogP contribution in [0.1, 0.15) is 122 Å². The number of aliphatic imine (C=N–C) groups is 1. The second kappa shape index (κ2) is 43.2. The van der Waals surface area contributed by atoms with Crippen molar-refractivity contribution in [2.24, 2.45) is 39.4 Å². The number of rotatable bonds is 43. The molecule has 0 aliphatic carbocycles. The summed E-state index contributed by atoms with van der Waals surface area (Å²) in [6.07, 6.45) is 1.53. The highest BCUT2D eigenvalue weighted by Crippen LogP contribution is 2.50. The van der Waals surface area contributed by atoms with Crippen LogP contribution in [0.5, 0.6) is 5.75 Å². The van der Waals surface area contributed by atoms with E-state index in [2.05, 4.69) is 41.5 Å². The SMILES string of the molecule is COc1cc2cc(c1Cl)N(C)C(=O)C[C@H](OC(=O)[C@H](C)N(C)C(=O)CCSSC[C@H](NC(=O)[C@H](COC=O)CC(=O)[C@H](CCCN=C(N)N)NC(=O)[C@H](COC=O)CC(=O)CCCCn1cc(CCCC(=O)Nc3nnc(S(N)(=O)=O)s3)nn1)OC=O)[C@@]1(C)O[C@H]1[C@H](C)[C@@H]1C[C@@](O)(CC(=O)O1)[C@H](OC)/C=C/C=C(\C)C2. The lowest BCUT2D eigenvalue weighted by molar-refractivity contribution is -0.187. The third-order valence-corrected chi connectivity index (χ3v) is 23.4. The Balaban J connectivity index is 1.02. The number of methoxy groups -OCH3 is 2. The number of aryl methyl sites for hydroxylation is 2. The fraction of sp³-hybridized carbons (Fsp3) is 0.603. The first-order valence-corrected chi connectivity index (χ1v) is 40.2. The number of aromatic nitrogens is 5. The lowest BCUT2D eigenvalue weighted by Gasteiger charge is -2.41. The van der Waals surface area contributed by atoms with Gasteiger partial charge in [0.25, 0.3) is 29.4 Å². The van der Waals surface area contributed by atoms with Gasteiger partial charge in [-0.3, -0.25) is 62.4 Å². The molecule has 0 spiro atoms. The van der Waals surface area contributed by atoms with E-state index in [1.807, 2.05) is 13.0 Å². The molecule has 0 radical (unpaired) electrons. The Hall–Kier alpha value is -8.71. The van der Waals surface area contributed by atoms with Gasteiger partial charge in [0.2, 0.25) is 39.0 Å². The van der Waals surface area contributed by atoms with E-state index in [4.69, 9.17) is 66.1 Å². The highest BCUT2D eigenvalue weighted by Gasteiger charge is 2.64. The topological polar surface area (TPSA) is 526 Å². The van der Waals surface area contributed by atoms with Gasteiger partial charge >= 0.3 is 11.9 Å². The van der Waals surface area contributed by atoms with Crippen LogP contribution in [0.15, 0.2) is 51.5 Å². The normalized spacial score (nSPS) is 22.0. The van der Waals surface area contributed by atoms with Crippen LogP contribution in [0, 0.1) is 17.8 Å². The van der Waals surface area contributed by atoms with E-state index in [1.165, 1.54) is 40.1 Å². The van der Waals surface area contributed by atoms with Crippen molar-refractivity contribution in [1.29, 1.82) is 0 Å². The summed E-state index contributed by atoms with van der Waals surface area (Å²) in [5.74, 6) is -9.26. The molecule has 1 aromatic carbocycles. The zero-order valence-corrected chi connectivity index (χ0v) is 66.1. The van der Waals surface area contributed by atoms with Crippen LogP contribution in [0.2, 0.25) is 5.02 Å². The lowest BCUT2D eigenvalue weighted by Crippen LogP contribution is -2.53. The number of epoxide rings is 1. The number of hydrogen-bond acceptors (Lipinski definition) is 31. The quantitative estimate of drug-likeness (QED) is 0.00407. The summed E-state index contributed by atoms with van der Waals surface area (Å²) in [6, 6.07) is 0.882. The number of nitrogens with two attached hydrogens (primary N) is 3. The molecular weight excluding hydrogens is 1540 g/mol. The standard InChI is InChI=1S/C68H95ClN14O23S4/c1-39-14-11-18-52(100-8)68(96)30-51(104-58(92)31-68)40(2)60-67(4,106-60)53(29-57(91)82(6)48-25-42(24-39)26-50(99-7)59(48)69)105-63(95)41(3)81(5)56(90)20-23-107-108-35-55(103-38-86)76-62(94)44(34-102-37-85)28-49(88)47(17-13-21-73-64(70)71)74-61(93)43(33-101-36-84)27-46(87)16-9-10-22-83-32-45(77-80-83)15-12-19-54(89)75-65-78-79-66(109-65)110(72,97)98/h11,14,18,25-26,32,36-38,40-41,43-44,47,51-53,55,60,96H,9-10,12-13,15-17,19-24,27-31,33-35H2,1-8H3,(H,74,93)(H,76,94)(H4,70,71,73)(H2,72,97,98)(H,75,78,89)/b18-11+,39-14+/t40-,41+,43+,44+,47+,51+,52-,53+,55-,60+,67-,68-/m1/s1. The van der Waals surface area contributed by atoms with Crippen molar-refractivity contribution in [3.63, 3.8) is 0 Å². The van der Waals surface area contributed by atoms with E-state index >= 15 is 0 Å². The average Bonchev–Trinajstić information content (AvgIpc) is 1.57. The molecule has 6 rings (SSSR count). The van der Waals surface area contributed by atoms with E-state index in [-0.39, 0.29) is 104 Å². The Morgan fingerprint density at radius 3 is 2.33 bits per heavy atom. The van der Waals surface area contributed by atoms with Gasteiger partial charge in [-0.15, -0.1) is 15.3 Å². The number of nitrogens with zero attached hydrogens (tertiary/aromatic N) is 8. The maximum absolute atomic E-state index is 14.5. The number of hydrogen-bond donors (Lipinski definition) is 7. The van der Waals surface area contributed by atoms with Crippen molar-refractivity contribution in [2.75, 3.05) is 69.8 Å². The minimum Gasteiger partial charge on any atom is -0.495 e. The number of allylic oxidation sites excluding steroid dienone is 3. The van der Waals surface area contributed by atoms with E-state index in [0.717, 1.165) is 37.6 Å². The van der Waals surface area contributed by atoms with Gasteiger partial charge in [-0.05, 0) is 83.4 Å². The summed E-state index contributed by atoms with van der Waals surface area (Å²) in [6.45, 7) is 6.08. The van der Waals surface area contributed by atoms with Crippen LogP contribution in [-0.2, 0) is 120 Å². The molecule has 3 aliphatic rings. The van der Waals surface area contributed by atoms with Gasteiger partial charge in [-0.25, -0.2) is 18.4 Å². The minimum absolute atomic E-state index is 0.00248. The fourth-order valence-electron chi connectivity index (χ4n) is 12.2. The molecule has 0 unspecified atom stereocenters. The van der Waals surface area contributed by atoms with Crippen molar-refractivity contribution in [3.05, 3.63) is 58.4 Å². The third-order valence-electron chi connectivity index (χ3n) is 18.5. The molecule has 5 amide bonds. The second-order valence-electron chi connectivity index (χ2n) is 26.7. The number of carbonyl (C=O) groups is 12.